The highest BCUT2D eigenvalue weighted by Gasteiger charge is 2.54. The number of hydrogen-bond acceptors (Lipinski definition) is 4. The molecule has 0 N–H and O–H groups in total. The third-order valence-corrected chi connectivity index (χ3v) is 16.3. The lowest BCUT2D eigenvalue weighted by molar-refractivity contribution is -0.126. The topological polar surface area (TPSA) is 74.8 Å². The summed E-state index contributed by atoms with van der Waals surface area (Å²) in [7, 11) is -6.32. The van der Waals surface area contributed by atoms with Crippen LogP contribution in [0.2, 0.25) is 0 Å². The number of anilines is 2. The number of amides is 2. The van der Waals surface area contributed by atoms with E-state index in [1.54, 1.807) is 9.80 Å². The Morgan fingerprint density at radius 3 is 1.12 bits per heavy atom. The minimum atomic E-state index is -3.16. The molecule has 2 atom stereocenters. The molecule has 2 heterocycles. The molecule has 2 aliphatic rings. The molecule has 0 fully saturated rings. The van der Waals surface area contributed by atoms with Gasteiger partial charge in [-0.3, -0.25) is 9.59 Å². The van der Waals surface area contributed by atoms with Gasteiger partial charge in [0, 0.05) is 31.8 Å². The second kappa shape index (κ2) is 9.17. The molecule has 6 nitrogen and oxygen atoms in total. The average molecular weight is 585 g/mol. The molecule has 218 valence electrons. The number of benzene rings is 2. The van der Waals surface area contributed by atoms with Crippen LogP contribution in [-0.2, 0) is 18.7 Å². The highest BCUT2D eigenvalue weighted by atomic mass is 31.2. The van der Waals surface area contributed by atoms with E-state index in [4.69, 9.17) is 0 Å². The minimum Gasteiger partial charge on any atom is -0.316 e. The van der Waals surface area contributed by atoms with Gasteiger partial charge in [0.15, 0.2) is 0 Å². The summed E-state index contributed by atoms with van der Waals surface area (Å²) in [4.78, 5) is 30.7. The van der Waals surface area contributed by atoms with Crippen molar-refractivity contribution in [3.8, 4) is 11.1 Å². The Balaban J connectivity index is 2.10. The van der Waals surface area contributed by atoms with Crippen LogP contribution < -0.4 is 20.4 Å². The molecule has 4 rings (SSSR count). The highest BCUT2D eigenvalue weighted by molar-refractivity contribution is 7.75. The van der Waals surface area contributed by atoms with Crippen molar-refractivity contribution in [1.29, 1.82) is 0 Å². The smallest absolute Gasteiger partial charge is 0.232 e. The Bertz CT molecular complexity index is 1380. The molecule has 2 aromatic rings. The first-order chi connectivity index (χ1) is 18.0. The lowest BCUT2D eigenvalue weighted by atomic mass is 9.94. The highest BCUT2D eigenvalue weighted by Crippen LogP contribution is 2.67. The van der Waals surface area contributed by atoms with Gasteiger partial charge in [-0.1, -0.05) is 107 Å². The summed E-state index contributed by atoms with van der Waals surface area (Å²) in [5, 5.41) is 0.138. The molecule has 0 radical (unpaired) electrons. The van der Waals surface area contributed by atoms with E-state index in [0.29, 0.717) is 22.0 Å². The average Bonchev–Trinajstić information content (AvgIpc) is 3.30. The zero-order valence-electron chi connectivity index (χ0n) is 26.3. The number of carbonyl (C=O) groups is 2. The second-order valence-corrected chi connectivity index (χ2v) is 22.5. The van der Waals surface area contributed by atoms with Gasteiger partial charge in [-0.25, -0.2) is 0 Å². The van der Waals surface area contributed by atoms with Crippen molar-refractivity contribution >= 4 is 48.1 Å². The SMILES string of the molecule is CC(C)(C)C(=O)N1CP(=O)(C(C)(C)C)c2c(-c3cccc4c3P(=O)(C(C)(C)C)CN4C(=O)C(C)(C)C)cccc21. The van der Waals surface area contributed by atoms with Crippen LogP contribution in [0.15, 0.2) is 36.4 Å². The Labute approximate surface area is 240 Å². The normalized spacial score (nSPS) is 23.3. The van der Waals surface area contributed by atoms with Crippen molar-refractivity contribution in [3.63, 3.8) is 0 Å². The molecule has 2 unspecified atom stereocenters. The Morgan fingerprint density at radius 2 is 0.875 bits per heavy atom. The van der Waals surface area contributed by atoms with Crippen molar-refractivity contribution in [2.24, 2.45) is 10.8 Å². The van der Waals surface area contributed by atoms with Crippen molar-refractivity contribution in [1.82, 2.24) is 0 Å². The second-order valence-electron chi connectivity index (χ2n) is 15.4. The third-order valence-electron chi connectivity index (χ3n) is 8.25. The molecule has 2 aromatic carbocycles. The van der Waals surface area contributed by atoms with Gasteiger partial charge < -0.3 is 18.9 Å². The van der Waals surface area contributed by atoms with Gasteiger partial charge in [-0.15, -0.1) is 0 Å². The monoisotopic (exact) mass is 584 g/mol. The summed E-state index contributed by atoms with van der Waals surface area (Å²) in [5.74, 6) is -0.151. The van der Waals surface area contributed by atoms with Crippen molar-refractivity contribution in [2.75, 3.05) is 22.4 Å². The van der Waals surface area contributed by atoms with Crippen LogP contribution in [0, 0.1) is 10.8 Å². The van der Waals surface area contributed by atoms with E-state index >= 15 is 9.13 Å². The third kappa shape index (κ3) is 4.54. The summed E-state index contributed by atoms with van der Waals surface area (Å²) in [6.07, 6.45) is 0.277. The maximum atomic E-state index is 15.1. The Kier molecular flexibility index (Phi) is 7.06. The summed E-state index contributed by atoms with van der Waals surface area (Å²) in [6.45, 7) is 23.1. The molecule has 0 aliphatic carbocycles. The van der Waals surface area contributed by atoms with E-state index in [0.717, 1.165) is 11.1 Å². The molecule has 0 bridgehead atoms. The molecule has 0 saturated carbocycles. The molecular weight excluding hydrogens is 538 g/mol. The fourth-order valence-electron chi connectivity index (χ4n) is 5.64. The quantitative estimate of drug-likeness (QED) is 0.323. The first-order valence-corrected chi connectivity index (χ1v) is 17.8. The molecule has 8 heteroatoms. The zero-order chi connectivity index (χ0) is 30.4. The molecule has 0 aromatic heterocycles. The maximum absolute atomic E-state index is 15.1. The van der Waals surface area contributed by atoms with Gasteiger partial charge in [0.2, 0.25) is 11.8 Å². The van der Waals surface area contributed by atoms with E-state index < -0.39 is 35.4 Å². The molecular formula is C32H46N2O4P2. The predicted molar refractivity (Wildman–Crippen MR) is 169 cm³/mol. The van der Waals surface area contributed by atoms with Crippen molar-refractivity contribution in [2.45, 2.75) is 93.4 Å². The molecule has 0 spiro atoms. The van der Waals surface area contributed by atoms with E-state index in [1.165, 1.54) is 0 Å². The predicted octanol–water partition coefficient (Wildman–Crippen LogP) is 7.63. The summed E-state index contributed by atoms with van der Waals surface area (Å²) in [6, 6.07) is 11.4. The van der Waals surface area contributed by atoms with Gasteiger partial charge in [0.05, 0.1) is 23.9 Å². The van der Waals surface area contributed by atoms with Crippen LogP contribution in [0.25, 0.3) is 11.1 Å². The number of nitrogens with zero attached hydrogens (tertiary/aromatic N) is 2. The Morgan fingerprint density at radius 1 is 0.575 bits per heavy atom. The molecule has 40 heavy (non-hydrogen) atoms. The van der Waals surface area contributed by atoms with Gasteiger partial charge in [-0.05, 0) is 23.3 Å². The van der Waals surface area contributed by atoms with Crippen molar-refractivity contribution in [3.05, 3.63) is 36.4 Å². The van der Waals surface area contributed by atoms with Crippen LogP contribution in [0.5, 0.6) is 0 Å². The van der Waals surface area contributed by atoms with Crippen LogP contribution >= 0.6 is 14.3 Å². The summed E-state index contributed by atoms with van der Waals surface area (Å²) in [5.41, 5.74) is 1.52. The summed E-state index contributed by atoms with van der Waals surface area (Å²) < 4.78 is 30.3. The number of hydrogen-bond donors (Lipinski definition) is 0. The van der Waals surface area contributed by atoms with Gasteiger partial charge in [0.1, 0.15) is 14.3 Å². The Hall–Kier alpha value is -2.16. The zero-order valence-corrected chi connectivity index (χ0v) is 28.1. The lowest BCUT2D eigenvalue weighted by Gasteiger charge is -2.32. The number of rotatable bonds is 1. The van der Waals surface area contributed by atoms with E-state index in [-0.39, 0.29) is 24.4 Å². The largest absolute Gasteiger partial charge is 0.316 e. The maximum Gasteiger partial charge on any atom is 0.232 e. The standard InChI is InChI=1S/C32H46N2O4P2/c1-29(2,3)27(35)33-19-39(37,31(7,8)9)25-21(15-13-17-23(25)33)22-16-14-18-24-26(22)40(38,32(10,11)12)20-34(24)28(36)30(4,5)6/h13-18H,19-20H2,1-12H3. The van der Waals surface area contributed by atoms with Crippen LogP contribution in [0.3, 0.4) is 0 Å². The van der Waals surface area contributed by atoms with Gasteiger partial charge in [-0.2, -0.15) is 0 Å². The van der Waals surface area contributed by atoms with Crippen molar-refractivity contribution < 1.29 is 18.7 Å². The van der Waals surface area contributed by atoms with E-state index in [1.807, 2.05) is 119 Å². The first kappa shape index (κ1) is 30.8. The van der Waals surface area contributed by atoms with Crippen LogP contribution in [-0.4, -0.2) is 34.7 Å². The molecule has 0 saturated heterocycles. The fourth-order valence-corrected chi connectivity index (χ4v) is 11.8. The first-order valence-electron chi connectivity index (χ1n) is 14.1. The van der Waals surface area contributed by atoms with Gasteiger partial charge in [0.25, 0.3) is 0 Å². The fraction of sp³-hybridized carbons (Fsp3) is 0.562. The van der Waals surface area contributed by atoms with E-state index in [2.05, 4.69) is 0 Å². The molecule has 2 amide bonds. The van der Waals surface area contributed by atoms with Crippen LogP contribution in [0.4, 0.5) is 11.4 Å². The lowest BCUT2D eigenvalue weighted by Crippen LogP contribution is -2.38. The number of fused-ring (bicyclic) bond motifs is 2. The molecule has 2 aliphatic heterocycles. The van der Waals surface area contributed by atoms with E-state index in [9.17, 15) is 9.59 Å². The summed E-state index contributed by atoms with van der Waals surface area (Å²) >= 11 is 0. The minimum absolute atomic E-state index is 0.0755. The van der Waals surface area contributed by atoms with Crippen LogP contribution in [0.1, 0.15) is 83.1 Å². The van der Waals surface area contributed by atoms with Gasteiger partial charge >= 0.3 is 0 Å². The number of carbonyl (C=O) groups excluding carboxylic acids is 2.